The number of halogens is 3. The Kier molecular flexibility index (Phi) is 2.54. The molecule has 0 fully saturated rings. The zero-order valence-corrected chi connectivity index (χ0v) is 8.19. The second-order valence-corrected chi connectivity index (χ2v) is 3.08. The van der Waals surface area contributed by atoms with Crippen molar-refractivity contribution in [2.45, 2.75) is 0 Å². The van der Waals surface area contributed by atoms with Crippen LogP contribution in [-0.4, -0.2) is 20.7 Å². The molecule has 88 valence electrons. The molecule has 0 atom stereocenters. The summed E-state index contributed by atoms with van der Waals surface area (Å²) in [7, 11) is 0. The number of nitrogens with two attached hydrogens (primary N) is 1. The predicted octanol–water partition coefficient (Wildman–Crippen LogP) is 0.784. The molecule has 2 heterocycles. The zero-order valence-electron chi connectivity index (χ0n) is 8.19. The van der Waals surface area contributed by atoms with Crippen molar-refractivity contribution in [2.75, 3.05) is 0 Å². The molecule has 0 aromatic carbocycles. The topological polar surface area (TPSA) is 73.8 Å². The van der Waals surface area contributed by atoms with Crippen molar-refractivity contribution >= 4 is 5.91 Å². The normalized spacial score (nSPS) is 10.5. The van der Waals surface area contributed by atoms with E-state index in [1.807, 2.05) is 0 Å². The maximum absolute atomic E-state index is 13.3. The minimum atomic E-state index is -1.46. The number of carbonyl (C=O) groups excluding carboxylic acids is 1. The molecule has 17 heavy (non-hydrogen) atoms. The number of carbonyl (C=O) groups is 1. The summed E-state index contributed by atoms with van der Waals surface area (Å²) in [6.07, 6.45) is 1.16. The smallest absolute Gasteiger partial charge is 0.269 e. The molecule has 8 heteroatoms. The lowest BCUT2D eigenvalue weighted by molar-refractivity contribution is 0.0995. The fourth-order valence-corrected chi connectivity index (χ4v) is 1.17. The van der Waals surface area contributed by atoms with Gasteiger partial charge in [0.15, 0.2) is 17.5 Å². The van der Waals surface area contributed by atoms with Gasteiger partial charge >= 0.3 is 0 Å². The van der Waals surface area contributed by atoms with Crippen LogP contribution < -0.4 is 5.73 Å². The Balaban J connectivity index is 2.52. The van der Waals surface area contributed by atoms with E-state index in [0.29, 0.717) is 6.07 Å². The molecular formula is C9H5F3N4O. The lowest BCUT2D eigenvalue weighted by atomic mass is 10.4. The number of aromatic nitrogens is 3. The van der Waals surface area contributed by atoms with Gasteiger partial charge < -0.3 is 5.73 Å². The molecule has 1 amide bonds. The van der Waals surface area contributed by atoms with E-state index in [1.165, 1.54) is 6.07 Å². The number of hydrogen-bond acceptors (Lipinski definition) is 3. The molecule has 0 saturated heterocycles. The summed E-state index contributed by atoms with van der Waals surface area (Å²) in [5.41, 5.74) is 4.79. The van der Waals surface area contributed by atoms with Gasteiger partial charge in [-0.2, -0.15) is 14.5 Å². The lowest BCUT2D eigenvalue weighted by Gasteiger charge is -2.02. The second kappa shape index (κ2) is 3.89. The van der Waals surface area contributed by atoms with Crippen molar-refractivity contribution < 1.29 is 18.0 Å². The zero-order chi connectivity index (χ0) is 12.6. The van der Waals surface area contributed by atoms with Crippen molar-refractivity contribution in [3.05, 3.63) is 41.6 Å². The molecule has 0 spiro atoms. The van der Waals surface area contributed by atoms with Gasteiger partial charge in [-0.1, -0.05) is 0 Å². The Morgan fingerprint density at radius 2 is 2.00 bits per heavy atom. The van der Waals surface area contributed by atoms with E-state index >= 15 is 0 Å². The predicted molar refractivity (Wildman–Crippen MR) is 49.8 cm³/mol. The number of amides is 1. The minimum absolute atomic E-state index is 0.143. The average molecular weight is 242 g/mol. The first-order chi connectivity index (χ1) is 7.99. The molecule has 0 unspecified atom stereocenters. The van der Waals surface area contributed by atoms with Crippen molar-refractivity contribution in [3.63, 3.8) is 0 Å². The molecule has 2 rings (SSSR count). The van der Waals surface area contributed by atoms with Gasteiger partial charge in [0.25, 0.3) is 11.9 Å². The van der Waals surface area contributed by atoms with Crippen molar-refractivity contribution in [1.82, 2.24) is 14.8 Å². The largest absolute Gasteiger partial charge is 0.364 e. The molecule has 0 aliphatic rings. The number of primary amides is 1. The van der Waals surface area contributed by atoms with Crippen LogP contribution in [0, 0.1) is 17.6 Å². The average Bonchev–Trinajstić information content (AvgIpc) is 2.72. The van der Waals surface area contributed by atoms with E-state index in [4.69, 9.17) is 5.73 Å². The van der Waals surface area contributed by atoms with Crippen LogP contribution in [0.15, 0.2) is 18.3 Å². The Morgan fingerprint density at radius 1 is 1.29 bits per heavy atom. The van der Waals surface area contributed by atoms with Crippen LogP contribution >= 0.6 is 0 Å². The summed E-state index contributed by atoms with van der Waals surface area (Å²) >= 11 is 0. The molecule has 5 nitrogen and oxygen atoms in total. The van der Waals surface area contributed by atoms with Gasteiger partial charge in [-0.3, -0.25) is 4.79 Å². The highest BCUT2D eigenvalue weighted by molar-refractivity contribution is 5.90. The third kappa shape index (κ3) is 1.96. The first-order valence-electron chi connectivity index (χ1n) is 4.36. The van der Waals surface area contributed by atoms with Crippen molar-refractivity contribution in [3.8, 4) is 5.82 Å². The van der Waals surface area contributed by atoms with E-state index in [0.717, 1.165) is 10.9 Å². The van der Waals surface area contributed by atoms with Crippen LogP contribution in [0.5, 0.6) is 0 Å². The number of pyridine rings is 1. The summed E-state index contributed by atoms with van der Waals surface area (Å²) < 4.78 is 39.5. The summed E-state index contributed by atoms with van der Waals surface area (Å²) in [6.45, 7) is 0. The molecule has 0 aliphatic heterocycles. The third-order valence-corrected chi connectivity index (χ3v) is 1.93. The Hall–Kier alpha value is -2.38. The molecule has 2 aromatic rings. The number of rotatable bonds is 2. The highest BCUT2D eigenvalue weighted by Crippen LogP contribution is 2.13. The van der Waals surface area contributed by atoms with Gasteiger partial charge in [0.1, 0.15) is 5.69 Å². The fourth-order valence-electron chi connectivity index (χ4n) is 1.17. The van der Waals surface area contributed by atoms with Gasteiger partial charge in [0.05, 0.1) is 0 Å². The van der Waals surface area contributed by atoms with Crippen LogP contribution in [0.4, 0.5) is 13.2 Å². The van der Waals surface area contributed by atoms with Crippen molar-refractivity contribution in [2.24, 2.45) is 5.73 Å². The van der Waals surface area contributed by atoms with Gasteiger partial charge in [0.2, 0.25) is 0 Å². The summed E-state index contributed by atoms with van der Waals surface area (Å²) in [5.74, 6) is -5.36. The van der Waals surface area contributed by atoms with E-state index < -0.39 is 29.3 Å². The minimum Gasteiger partial charge on any atom is -0.364 e. The first-order valence-corrected chi connectivity index (χ1v) is 4.36. The van der Waals surface area contributed by atoms with Crippen LogP contribution in [0.25, 0.3) is 5.82 Å². The first kappa shape index (κ1) is 11.1. The molecular weight excluding hydrogens is 237 g/mol. The molecule has 2 aromatic heterocycles. The quantitative estimate of drug-likeness (QED) is 0.791. The van der Waals surface area contributed by atoms with Gasteiger partial charge in [0, 0.05) is 12.3 Å². The van der Waals surface area contributed by atoms with Gasteiger partial charge in [-0.15, -0.1) is 0 Å². The third-order valence-electron chi connectivity index (χ3n) is 1.93. The van der Waals surface area contributed by atoms with E-state index in [1.54, 1.807) is 0 Å². The van der Waals surface area contributed by atoms with Crippen molar-refractivity contribution in [1.29, 1.82) is 0 Å². The standard InChI is InChI=1S/C9H5F3N4O/c10-4-3-5(11)9(14-7(4)12)16-2-1-6(15-16)8(13)17/h1-3H,(H2,13,17). The molecule has 0 radical (unpaired) electrons. The Labute approximate surface area is 92.7 Å². The number of hydrogen-bond donors (Lipinski definition) is 1. The van der Waals surface area contributed by atoms with Crippen LogP contribution in [-0.2, 0) is 0 Å². The Morgan fingerprint density at radius 3 is 2.59 bits per heavy atom. The van der Waals surface area contributed by atoms with Crippen LogP contribution in [0.2, 0.25) is 0 Å². The molecule has 0 bridgehead atoms. The molecule has 2 N–H and O–H groups in total. The fraction of sp³-hybridized carbons (Fsp3) is 0. The summed E-state index contributed by atoms with van der Waals surface area (Å²) in [4.78, 5) is 13.8. The summed E-state index contributed by atoms with van der Waals surface area (Å²) in [5, 5.41) is 3.56. The van der Waals surface area contributed by atoms with Crippen LogP contribution in [0.3, 0.4) is 0 Å². The molecule has 0 saturated carbocycles. The summed E-state index contributed by atoms with van der Waals surface area (Å²) in [6, 6.07) is 1.54. The monoisotopic (exact) mass is 242 g/mol. The highest BCUT2D eigenvalue weighted by Gasteiger charge is 2.15. The van der Waals surface area contributed by atoms with Crippen LogP contribution in [0.1, 0.15) is 10.5 Å². The van der Waals surface area contributed by atoms with Gasteiger partial charge in [-0.25, -0.2) is 13.5 Å². The van der Waals surface area contributed by atoms with E-state index in [2.05, 4.69) is 10.1 Å². The highest BCUT2D eigenvalue weighted by atomic mass is 19.2. The maximum atomic E-state index is 13.3. The molecule has 0 aliphatic carbocycles. The van der Waals surface area contributed by atoms with Gasteiger partial charge in [-0.05, 0) is 6.07 Å². The Bertz CT molecular complexity index is 596. The lowest BCUT2D eigenvalue weighted by Crippen LogP contribution is -2.13. The SMILES string of the molecule is NC(=O)c1ccn(-c2nc(F)c(F)cc2F)n1. The maximum Gasteiger partial charge on any atom is 0.269 e. The number of nitrogens with zero attached hydrogens (tertiary/aromatic N) is 3. The second-order valence-electron chi connectivity index (χ2n) is 3.08. The van der Waals surface area contributed by atoms with E-state index in [-0.39, 0.29) is 5.69 Å². The van der Waals surface area contributed by atoms with E-state index in [9.17, 15) is 18.0 Å².